The number of amides is 3. The molecule has 0 bridgehead atoms. The summed E-state index contributed by atoms with van der Waals surface area (Å²) in [5.41, 5.74) is 5.86. The molecule has 0 heterocycles. The lowest BCUT2D eigenvalue weighted by Gasteiger charge is -2.26. The number of carboxylic acid groups (broad SMARTS) is 1. The summed E-state index contributed by atoms with van der Waals surface area (Å²) in [5.74, 6) is -2.60. The van der Waals surface area contributed by atoms with E-state index >= 15 is 0 Å². The Balaban J connectivity index is 5.37. The van der Waals surface area contributed by atoms with Crippen molar-refractivity contribution in [3.63, 3.8) is 0 Å². The predicted octanol–water partition coefficient (Wildman–Crippen LogP) is -0.700. The van der Waals surface area contributed by atoms with Gasteiger partial charge in [-0.3, -0.25) is 14.4 Å². The smallest absolute Gasteiger partial charge is 0.328 e. The van der Waals surface area contributed by atoms with E-state index in [-0.39, 0.29) is 18.3 Å². The Kier molecular flexibility index (Phi) is 13.3. The first-order chi connectivity index (χ1) is 13.9. The average Bonchev–Trinajstić information content (AvgIpc) is 2.66. The molecule has 0 aliphatic carbocycles. The van der Waals surface area contributed by atoms with E-state index in [0.717, 1.165) is 0 Å². The molecule has 0 saturated heterocycles. The van der Waals surface area contributed by atoms with Crippen molar-refractivity contribution in [3.05, 3.63) is 0 Å². The zero-order valence-electron chi connectivity index (χ0n) is 18.3. The number of carboxylic acids is 1. The van der Waals surface area contributed by atoms with Crippen LogP contribution in [0.3, 0.4) is 0 Å². The molecule has 0 aromatic carbocycles. The molecular weight excluding hydrogens is 412 g/mol. The third-order valence-corrected chi connectivity index (χ3v) is 5.05. The standard InChI is InChI=1S/C19H36N4O6S/c1-10(2)8-13(22-18(27)15(20)11(3)4)17(26)21-12(6-7-30-5)16(25)23-14(9-24)19(28)29/h10-15,24H,6-9,20H2,1-5H3,(H,21,26)(H,22,27)(H,23,25)(H,28,29). The van der Waals surface area contributed by atoms with Crippen LogP contribution in [0.1, 0.15) is 40.5 Å². The first-order valence-corrected chi connectivity index (χ1v) is 11.3. The van der Waals surface area contributed by atoms with E-state index in [1.165, 1.54) is 11.8 Å². The fourth-order valence-electron chi connectivity index (χ4n) is 2.51. The normalized spacial score (nSPS) is 15.2. The van der Waals surface area contributed by atoms with Gasteiger partial charge in [0.25, 0.3) is 0 Å². The van der Waals surface area contributed by atoms with Crippen LogP contribution in [-0.4, -0.2) is 76.7 Å². The first-order valence-electron chi connectivity index (χ1n) is 9.93. The van der Waals surface area contributed by atoms with Gasteiger partial charge in [0, 0.05) is 0 Å². The highest BCUT2D eigenvalue weighted by Gasteiger charge is 2.30. The molecule has 0 spiro atoms. The van der Waals surface area contributed by atoms with Crippen LogP contribution in [0.15, 0.2) is 0 Å². The number of nitrogens with two attached hydrogens (primary N) is 1. The van der Waals surface area contributed by atoms with Gasteiger partial charge in [-0.1, -0.05) is 27.7 Å². The van der Waals surface area contributed by atoms with Crippen molar-refractivity contribution in [2.75, 3.05) is 18.6 Å². The molecule has 10 nitrogen and oxygen atoms in total. The molecular formula is C19H36N4O6S. The van der Waals surface area contributed by atoms with Gasteiger partial charge < -0.3 is 31.9 Å². The van der Waals surface area contributed by atoms with Crippen LogP contribution in [0.4, 0.5) is 0 Å². The number of rotatable bonds is 14. The van der Waals surface area contributed by atoms with Crippen LogP contribution in [0, 0.1) is 11.8 Å². The summed E-state index contributed by atoms with van der Waals surface area (Å²) in [6.07, 6.45) is 2.43. The van der Waals surface area contributed by atoms with Crippen molar-refractivity contribution in [2.45, 2.75) is 64.7 Å². The van der Waals surface area contributed by atoms with Gasteiger partial charge in [0.15, 0.2) is 0 Å². The zero-order chi connectivity index (χ0) is 23.4. The molecule has 4 unspecified atom stereocenters. The Morgan fingerprint density at radius 2 is 1.40 bits per heavy atom. The van der Waals surface area contributed by atoms with E-state index in [1.54, 1.807) is 13.8 Å². The maximum atomic E-state index is 12.9. The van der Waals surface area contributed by atoms with Gasteiger partial charge in [-0.25, -0.2) is 4.79 Å². The zero-order valence-corrected chi connectivity index (χ0v) is 19.1. The van der Waals surface area contributed by atoms with E-state index in [4.69, 9.17) is 15.9 Å². The lowest BCUT2D eigenvalue weighted by molar-refractivity contribution is -0.143. The molecule has 0 aliphatic rings. The molecule has 0 aromatic heterocycles. The Morgan fingerprint density at radius 1 is 0.900 bits per heavy atom. The number of aliphatic hydroxyl groups is 1. The Bertz CT molecular complexity index is 587. The first kappa shape index (κ1) is 28.1. The second kappa shape index (κ2) is 14.2. The number of hydrogen-bond donors (Lipinski definition) is 6. The van der Waals surface area contributed by atoms with Gasteiger partial charge in [-0.2, -0.15) is 11.8 Å². The number of nitrogens with one attached hydrogen (secondary N) is 3. The largest absolute Gasteiger partial charge is 0.480 e. The third-order valence-electron chi connectivity index (χ3n) is 4.40. The van der Waals surface area contributed by atoms with Crippen molar-refractivity contribution >= 4 is 35.5 Å². The minimum atomic E-state index is -1.47. The highest BCUT2D eigenvalue weighted by atomic mass is 32.2. The number of carbonyl (C=O) groups excluding carboxylic acids is 3. The fourth-order valence-corrected chi connectivity index (χ4v) is 2.98. The van der Waals surface area contributed by atoms with E-state index in [2.05, 4.69) is 16.0 Å². The van der Waals surface area contributed by atoms with Crippen molar-refractivity contribution < 1.29 is 29.4 Å². The molecule has 11 heteroatoms. The number of aliphatic carboxylic acids is 1. The maximum absolute atomic E-state index is 12.9. The fraction of sp³-hybridized carbons (Fsp3) is 0.789. The highest BCUT2D eigenvalue weighted by molar-refractivity contribution is 7.98. The van der Waals surface area contributed by atoms with Gasteiger partial charge in [0.2, 0.25) is 17.7 Å². The van der Waals surface area contributed by atoms with Crippen LogP contribution in [-0.2, 0) is 19.2 Å². The van der Waals surface area contributed by atoms with E-state index in [0.29, 0.717) is 12.2 Å². The van der Waals surface area contributed by atoms with E-state index < -0.39 is 54.5 Å². The molecule has 0 aromatic rings. The SMILES string of the molecule is CSCCC(NC(=O)C(CC(C)C)NC(=O)C(N)C(C)C)C(=O)NC(CO)C(=O)O. The Hall–Kier alpha value is -1.85. The minimum absolute atomic E-state index is 0.0839. The van der Waals surface area contributed by atoms with Gasteiger partial charge in [-0.05, 0) is 36.7 Å². The average molecular weight is 449 g/mol. The van der Waals surface area contributed by atoms with E-state index in [9.17, 15) is 19.2 Å². The summed E-state index contributed by atoms with van der Waals surface area (Å²) < 4.78 is 0. The molecule has 0 rings (SSSR count). The second-order valence-electron chi connectivity index (χ2n) is 7.89. The summed E-state index contributed by atoms with van der Waals surface area (Å²) in [6.45, 7) is 6.61. The predicted molar refractivity (Wildman–Crippen MR) is 116 cm³/mol. The van der Waals surface area contributed by atoms with Crippen molar-refractivity contribution in [1.82, 2.24) is 16.0 Å². The number of carbonyl (C=O) groups is 4. The number of thioether (sulfide) groups is 1. The lowest BCUT2D eigenvalue weighted by Crippen LogP contribution is -2.58. The Labute approximate surface area is 182 Å². The van der Waals surface area contributed by atoms with Crippen LogP contribution >= 0.6 is 11.8 Å². The van der Waals surface area contributed by atoms with Crippen LogP contribution in [0.2, 0.25) is 0 Å². The lowest BCUT2D eigenvalue weighted by atomic mass is 10.00. The molecule has 7 N–H and O–H groups in total. The molecule has 30 heavy (non-hydrogen) atoms. The van der Waals surface area contributed by atoms with Gasteiger partial charge >= 0.3 is 5.97 Å². The van der Waals surface area contributed by atoms with Gasteiger partial charge in [0.1, 0.15) is 18.1 Å². The monoisotopic (exact) mass is 448 g/mol. The summed E-state index contributed by atoms with van der Waals surface area (Å²) in [6, 6.07) is -4.14. The summed E-state index contributed by atoms with van der Waals surface area (Å²) in [5, 5.41) is 25.6. The van der Waals surface area contributed by atoms with Crippen molar-refractivity contribution in [1.29, 1.82) is 0 Å². The van der Waals surface area contributed by atoms with Gasteiger partial charge in [0.05, 0.1) is 12.6 Å². The topological polar surface area (TPSA) is 171 Å². The van der Waals surface area contributed by atoms with Crippen LogP contribution in [0.5, 0.6) is 0 Å². The van der Waals surface area contributed by atoms with Crippen LogP contribution in [0.25, 0.3) is 0 Å². The van der Waals surface area contributed by atoms with Gasteiger partial charge in [-0.15, -0.1) is 0 Å². The maximum Gasteiger partial charge on any atom is 0.328 e. The molecule has 0 fully saturated rings. The van der Waals surface area contributed by atoms with Crippen LogP contribution < -0.4 is 21.7 Å². The number of hydrogen-bond acceptors (Lipinski definition) is 7. The minimum Gasteiger partial charge on any atom is -0.480 e. The molecule has 0 aliphatic heterocycles. The third kappa shape index (κ3) is 10.3. The molecule has 0 radical (unpaired) electrons. The Morgan fingerprint density at radius 3 is 1.83 bits per heavy atom. The molecule has 174 valence electrons. The summed E-state index contributed by atoms with van der Waals surface area (Å²) in [4.78, 5) is 48.8. The molecule has 4 atom stereocenters. The quantitative estimate of drug-likeness (QED) is 0.202. The van der Waals surface area contributed by atoms with Crippen molar-refractivity contribution in [3.8, 4) is 0 Å². The summed E-state index contributed by atoms with van der Waals surface area (Å²) in [7, 11) is 0. The highest BCUT2D eigenvalue weighted by Crippen LogP contribution is 2.09. The van der Waals surface area contributed by atoms with Crippen molar-refractivity contribution in [2.24, 2.45) is 17.6 Å². The second-order valence-corrected chi connectivity index (χ2v) is 8.87. The number of aliphatic hydroxyl groups excluding tert-OH is 1. The molecule has 3 amide bonds. The molecule has 0 saturated carbocycles. The summed E-state index contributed by atoms with van der Waals surface area (Å²) >= 11 is 1.46. The van der Waals surface area contributed by atoms with E-state index in [1.807, 2.05) is 20.1 Å².